The molecule has 0 fully saturated rings. The van der Waals surface area contributed by atoms with E-state index in [1.807, 2.05) is 0 Å². The topological polar surface area (TPSA) is 0 Å². The maximum absolute atomic E-state index is 8.18. The van der Waals surface area contributed by atoms with E-state index >= 15 is 0 Å². The summed E-state index contributed by atoms with van der Waals surface area (Å²) in [5.74, 6) is 0.486. The fourth-order valence-electron chi connectivity index (χ4n) is 6.44. The Balaban J connectivity index is 1.47. The number of rotatable bonds is 10. The van der Waals surface area contributed by atoms with Crippen LogP contribution in [0.2, 0.25) is 3.63 Å². The molecule has 0 amide bonds. The van der Waals surface area contributed by atoms with E-state index < -0.39 is 22.2 Å². The molecule has 0 aliphatic heterocycles. The Labute approximate surface area is 220 Å². The maximum atomic E-state index is 8.18. The van der Waals surface area contributed by atoms with Gasteiger partial charge in [-0.25, -0.2) is 0 Å². The van der Waals surface area contributed by atoms with Gasteiger partial charge in [-0.05, 0) is 0 Å². The van der Waals surface area contributed by atoms with Crippen LogP contribution in [0.4, 0.5) is 0 Å². The van der Waals surface area contributed by atoms with E-state index in [0.29, 0.717) is 9.54 Å². The summed E-state index contributed by atoms with van der Waals surface area (Å²) in [7, 11) is 16.4. The Morgan fingerprint density at radius 3 is 2.14 bits per heavy atom. The third-order valence-corrected chi connectivity index (χ3v) is 48.1. The molecule has 0 saturated carbocycles. The molecule has 0 saturated heterocycles. The Kier molecular flexibility index (Phi) is 7.76. The van der Waals surface area contributed by atoms with E-state index in [-0.39, 0.29) is 3.63 Å². The third-order valence-electron chi connectivity index (χ3n) is 8.37. The fraction of sp³-hybridized carbons (Fsp3) is 0.290. The molecule has 3 atom stereocenters. The minimum absolute atomic E-state index is 0.245. The van der Waals surface area contributed by atoms with Gasteiger partial charge >= 0.3 is 222 Å². The van der Waals surface area contributed by atoms with Gasteiger partial charge in [-0.15, -0.1) is 0 Å². The zero-order chi connectivity index (χ0) is 24.3. The van der Waals surface area contributed by atoms with Gasteiger partial charge in [0, 0.05) is 0 Å². The van der Waals surface area contributed by atoms with Crippen molar-refractivity contribution in [2.24, 2.45) is 0 Å². The first-order valence-electron chi connectivity index (χ1n) is 13.1. The summed E-state index contributed by atoms with van der Waals surface area (Å²) in [5.41, 5.74) is 6.94. The van der Waals surface area contributed by atoms with Gasteiger partial charge in [-0.2, -0.15) is 0 Å². The van der Waals surface area contributed by atoms with Crippen LogP contribution in [0, 0.1) is 0 Å². The van der Waals surface area contributed by atoms with Gasteiger partial charge in [0.25, 0.3) is 0 Å². The van der Waals surface area contributed by atoms with Crippen LogP contribution < -0.4 is 0 Å². The molecular weight excluding hydrogens is 563 g/mol. The molecule has 0 nitrogen and oxygen atoms in total. The molecule has 2 aliphatic carbocycles. The molecule has 0 radical (unpaired) electrons. The molecule has 0 N–H and O–H groups in total. The minimum atomic E-state index is -4.27. The fourth-order valence-corrected chi connectivity index (χ4v) is 40.6. The van der Waals surface area contributed by atoms with Crippen LogP contribution in [0.15, 0.2) is 91.0 Å². The summed E-state index contributed by atoms with van der Waals surface area (Å²) in [4.78, 5) is 0. The molecule has 2 aliphatic rings. The molecule has 0 aromatic heterocycles. The quantitative estimate of drug-likeness (QED) is 0.204. The second-order valence-corrected chi connectivity index (χ2v) is 51.3. The van der Waals surface area contributed by atoms with Crippen molar-refractivity contribution < 1.29 is 15.6 Å². The van der Waals surface area contributed by atoms with E-state index in [0.717, 1.165) is 31.7 Å². The van der Waals surface area contributed by atoms with Crippen LogP contribution >= 0.6 is 17.0 Å². The zero-order valence-electron chi connectivity index (χ0n) is 20.5. The second kappa shape index (κ2) is 10.7. The first kappa shape index (κ1) is 25.5. The Morgan fingerprint density at radius 1 is 0.771 bits per heavy atom. The van der Waals surface area contributed by atoms with Gasteiger partial charge in [-0.1, -0.05) is 0 Å². The van der Waals surface area contributed by atoms with Gasteiger partial charge in [0.05, 0.1) is 0 Å². The average Bonchev–Trinajstić information content (AvgIpc) is 3.51. The number of halogens is 2. The molecule has 4 heteroatoms. The first-order chi connectivity index (χ1) is 17.0. The van der Waals surface area contributed by atoms with Crippen molar-refractivity contribution in [2.45, 2.75) is 51.8 Å². The predicted molar refractivity (Wildman–Crippen MR) is 155 cm³/mol. The van der Waals surface area contributed by atoms with Gasteiger partial charge in [0.1, 0.15) is 0 Å². The van der Waals surface area contributed by atoms with Crippen LogP contribution in [0.3, 0.4) is 0 Å². The van der Waals surface area contributed by atoms with E-state index in [4.69, 9.17) is 17.0 Å². The Morgan fingerprint density at radius 2 is 1.40 bits per heavy atom. The van der Waals surface area contributed by atoms with Crippen molar-refractivity contribution in [1.29, 1.82) is 0 Å². The van der Waals surface area contributed by atoms with Crippen LogP contribution in [-0.2, 0) is 21.6 Å². The Hall–Kier alpha value is -1.18. The van der Waals surface area contributed by atoms with Gasteiger partial charge in [-0.3, -0.25) is 0 Å². The molecule has 3 aromatic carbocycles. The SMILES string of the molecule is CCC[CH](CCC1C=Cc2ccccc21)[Zr]([Cl])([Cl])([SiH2]Cc1ccccc1)[CH]1C=Cc2ccccc21. The summed E-state index contributed by atoms with van der Waals surface area (Å²) in [6.45, 7) is 1.57. The van der Waals surface area contributed by atoms with Crippen molar-refractivity contribution in [3.8, 4) is 0 Å². The van der Waals surface area contributed by atoms with E-state index in [9.17, 15) is 0 Å². The van der Waals surface area contributed by atoms with Crippen LogP contribution in [0.5, 0.6) is 0 Å². The molecule has 0 bridgehead atoms. The monoisotopic (exact) mass is 595 g/mol. The van der Waals surface area contributed by atoms with E-state index in [1.165, 1.54) is 27.8 Å². The van der Waals surface area contributed by atoms with Crippen molar-refractivity contribution in [1.82, 2.24) is 0 Å². The number of hydrogen-bond donors (Lipinski definition) is 0. The first-order valence-corrected chi connectivity index (χ1v) is 29.2. The van der Waals surface area contributed by atoms with Crippen molar-refractivity contribution >= 4 is 35.8 Å². The number of fused-ring (bicyclic) bond motifs is 2. The second-order valence-electron chi connectivity index (χ2n) is 10.5. The predicted octanol–water partition coefficient (Wildman–Crippen LogP) is 9.22. The van der Waals surface area contributed by atoms with Gasteiger partial charge < -0.3 is 0 Å². The van der Waals surface area contributed by atoms with Crippen LogP contribution in [0.1, 0.15) is 70.0 Å². The van der Waals surface area contributed by atoms with Crippen molar-refractivity contribution in [3.05, 3.63) is 119 Å². The molecule has 0 spiro atoms. The number of hydrogen-bond acceptors (Lipinski definition) is 0. The third kappa shape index (κ3) is 5.15. The average molecular weight is 598 g/mol. The molecule has 181 valence electrons. The summed E-state index contributed by atoms with van der Waals surface area (Å²) in [5, 5.41) is 0. The molecule has 35 heavy (non-hydrogen) atoms. The number of allylic oxidation sites excluding steroid dienone is 2. The number of benzene rings is 3. The molecule has 5 rings (SSSR count). The Bertz CT molecular complexity index is 1230. The van der Waals surface area contributed by atoms with Crippen LogP contribution in [-0.4, -0.2) is 6.65 Å². The summed E-state index contributed by atoms with van der Waals surface area (Å²) >= 11 is -4.27. The van der Waals surface area contributed by atoms with E-state index in [1.54, 1.807) is 0 Å². The molecule has 0 heterocycles. The summed E-state index contributed by atoms with van der Waals surface area (Å²) < 4.78 is 0.691. The van der Waals surface area contributed by atoms with E-state index in [2.05, 4.69) is 110 Å². The summed E-state index contributed by atoms with van der Waals surface area (Å²) in [6, 6.07) is 29.6. The van der Waals surface area contributed by atoms with Crippen molar-refractivity contribution in [3.63, 3.8) is 0 Å². The summed E-state index contributed by atoms with van der Waals surface area (Å²) in [6.07, 6.45) is 13.9. The van der Waals surface area contributed by atoms with Crippen molar-refractivity contribution in [2.75, 3.05) is 0 Å². The van der Waals surface area contributed by atoms with Gasteiger partial charge in [0.15, 0.2) is 0 Å². The zero-order valence-corrected chi connectivity index (χ0v) is 25.9. The molecule has 3 aromatic rings. The van der Waals surface area contributed by atoms with Gasteiger partial charge in [0.2, 0.25) is 0 Å². The molecule has 3 unspecified atom stereocenters. The molecular formula is C31H35Cl2SiZr. The normalized spacial score (nSPS) is 20.6. The van der Waals surface area contributed by atoms with Crippen LogP contribution in [0.25, 0.3) is 12.2 Å². The standard InChI is InChI=1S/C15H19.C9H7.C7H9Si.2ClH.Zr/c1-2-3-4-5-8-13-11-12-14-9-6-7-10-15(13)14;1-2-5-9-7-3-6-8(9)4-1;8-6-7-4-2-1-3-5-7;;;/h4,6-7,9-13H,2-3,5,8H2,1H3;1-7H;1-5H,6,8H2;2*1H;/q;;;;;+2/p-2.